The summed E-state index contributed by atoms with van der Waals surface area (Å²) in [5.41, 5.74) is 2.28. The number of nitrogens with zero attached hydrogens (tertiary/aromatic N) is 1. The molecule has 0 spiro atoms. The number of carbonyl (C=O) groups excluding carboxylic acids is 1. The van der Waals surface area contributed by atoms with Crippen LogP contribution in [0.3, 0.4) is 0 Å². The Labute approximate surface area is 114 Å². The van der Waals surface area contributed by atoms with Crippen molar-refractivity contribution in [2.75, 3.05) is 19.8 Å². The second kappa shape index (κ2) is 6.90. The lowest BCUT2D eigenvalue weighted by Crippen LogP contribution is -2.32. The fraction of sp³-hybridized carbons (Fsp3) is 0.312. The summed E-state index contributed by atoms with van der Waals surface area (Å²) < 4.78 is 5.41. The van der Waals surface area contributed by atoms with Crippen molar-refractivity contribution in [1.82, 2.24) is 4.90 Å². The van der Waals surface area contributed by atoms with Crippen LogP contribution in [0.4, 0.5) is 0 Å². The zero-order valence-electron chi connectivity index (χ0n) is 11.0. The summed E-state index contributed by atoms with van der Waals surface area (Å²) in [6.45, 7) is 6.18. The monoisotopic (exact) mass is 257 g/mol. The zero-order chi connectivity index (χ0) is 13.5. The summed E-state index contributed by atoms with van der Waals surface area (Å²) in [5, 5.41) is 0. The van der Waals surface area contributed by atoms with Crippen LogP contribution in [0.5, 0.6) is 0 Å². The third-order valence-corrected chi connectivity index (χ3v) is 3.08. The smallest absolute Gasteiger partial charge is 0.246 e. The third-order valence-electron chi connectivity index (χ3n) is 3.08. The van der Waals surface area contributed by atoms with Crippen LogP contribution in [-0.4, -0.2) is 30.6 Å². The molecule has 3 heteroatoms. The standard InChI is InChI=1S/C16H19NO2/c1-2-16(18)17(11-14-7-4-3-5-8-14)12-15-9-6-10-19-13-15/h2-5,7-9H,1,6,10-13H2. The molecule has 1 heterocycles. The Balaban J connectivity index is 2.05. The zero-order valence-corrected chi connectivity index (χ0v) is 11.0. The van der Waals surface area contributed by atoms with E-state index in [1.165, 1.54) is 6.08 Å². The van der Waals surface area contributed by atoms with E-state index in [9.17, 15) is 4.79 Å². The van der Waals surface area contributed by atoms with Crippen molar-refractivity contribution in [3.8, 4) is 0 Å². The third kappa shape index (κ3) is 4.07. The topological polar surface area (TPSA) is 29.5 Å². The summed E-state index contributed by atoms with van der Waals surface area (Å²) in [5.74, 6) is -0.0460. The van der Waals surface area contributed by atoms with E-state index in [1.54, 1.807) is 4.90 Å². The highest BCUT2D eigenvalue weighted by Crippen LogP contribution is 2.11. The Morgan fingerprint density at radius 2 is 2.11 bits per heavy atom. The minimum absolute atomic E-state index is 0.0460. The average Bonchev–Trinajstić information content (AvgIpc) is 2.48. The molecule has 19 heavy (non-hydrogen) atoms. The maximum absolute atomic E-state index is 11.9. The number of carbonyl (C=O) groups is 1. The fourth-order valence-electron chi connectivity index (χ4n) is 2.11. The van der Waals surface area contributed by atoms with E-state index < -0.39 is 0 Å². The molecule has 0 saturated heterocycles. The molecular weight excluding hydrogens is 238 g/mol. The molecule has 1 aliphatic heterocycles. The van der Waals surface area contributed by atoms with Crippen LogP contribution in [0, 0.1) is 0 Å². The van der Waals surface area contributed by atoms with Gasteiger partial charge in [-0.15, -0.1) is 0 Å². The number of rotatable bonds is 5. The van der Waals surface area contributed by atoms with Crippen LogP contribution in [0.2, 0.25) is 0 Å². The molecular formula is C16H19NO2. The normalized spacial score (nSPS) is 14.6. The predicted octanol–water partition coefficient (Wildman–Crippen LogP) is 2.55. The summed E-state index contributed by atoms with van der Waals surface area (Å²) in [6.07, 6.45) is 4.46. The van der Waals surface area contributed by atoms with E-state index in [2.05, 4.69) is 12.7 Å². The molecule has 0 atom stereocenters. The Bertz CT molecular complexity index is 465. The SMILES string of the molecule is C=CC(=O)N(CC1=CCCOC1)Cc1ccccc1. The maximum atomic E-state index is 11.9. The lowest BCUT2D eigenvalue weighted by Gasteiger charge is -2.24. The largest absolute Gasteiger partial charge is 0.377 e. The highest BCUT2D eigenvalue weighted by molar-refractivity contribution is 5.87. The number of benzene rings is 1. The lowest BCUT2D eigenvalue weighted by molar-refractivity contribution is -0.126. The Kier molecular flexibility index (Phi) is 4.93. The Morgan fingerprint density at radius 1 is 1.32 bits per heavy atom. The van der Waals surface area contributed by atoms with Crippen molar-refractivity contribution < 1.29 is 9.53 Å². The van der Waals surface area contributed by atoms with Gasteiger partial charge in [-0.2, -0.15) is 0 Å². The van der Waals surface area contributed by atoms with Gasteiger partial charge >= 0.3 is 0 Å². The number of amides is 1. The van der Waals surface area contributed by atoms with Crippen molar-refractivity contribution in [1.29, 1.82) is 0 Å². The molecule has 0 aromatic heterocycles. The van der Waals surface area contributed by atoms with Gasteiger partial charge in [-0.1, -0.05) is 43.0 Å². The van der Waals surface area contributed by atoms with E-state index >= 15 is 0 Å². The first-order valence-corrected chi connectivity index (χ1v) is 6.50. The lowest BCUT2D eigenvalue weighted by atomic mass is 10.1. The highest BCUT2D eigenvalue weighted by Gasteiger charge is 2.14. The Hall–Kier alpha value is -1.87. The van der Waals surface area contributed by atoms with Gasteiger partial charge in [-0.05, 0) is 23.6 Å². The van der Waals surface area contributed by atoms with Crippen LogP contribution < -0.4 is 0 Å². The van der Waals surface area contributed by atoms with Gasteiger partial charge in [0.05, 0.1) is 13.2 Å². The molecule has 0 radical (unpaired) electrons. The molecule has 100 valence electrons. The predicted molar refractivity (Wildman–Crippen MR) is 75.6 cm³/mol. The molecule has 3 nitrogen and oxygen atoms in total. The van der Waals surface area contributed by atoms with Crippen molar-refractivity contribution in [2.24, 2.45) is 0 Å². The van der Waals surface area contributed by atoms with Crippen molar-refractivity contribution in [3.63, 3.8) is 0 Å². The van der Waals surface area contributed by atoms with Gasteiger partial charge in [0.1, 0.15) is 0 Å². The van der Waals surface area contributed by atoms with Gasteiger partial charge in [0.25, 0.3) is 0 Å². The molecule has 0 aliphatic carbocycles. The van der Waals surface area contributed by atoms with Crippen molar-refractivity contribution in [2.45, 2.75) is 13.0 Å². The minimum atomic E-state index is -0.0460. The molecule has 1 aromatic rings. The molecule has 0 bridgehead atoms. The van der Waals surface area contributed by atoms with Crippen LogP contribution >= 0.6 is 0 Å². The Morgan fingerprint density at radius 3 is 2.74 bits per heavy atom. The molecule has 0 N–H and O–H groups in total. The molecule has 0 unspecified atom stereocenters. The first-order chi connectivity index (χ1) is 9.29. The average molecular weight is 257 g/mol. The van der Waals surface area contributed by atoms with E-state index in [0.29, 0.717) is 19.7 Å². The molecule has 0 saturated carbocycles. The quantitative estimate of drug-likeness (QED) is 0.599. The molecule has 0 fully saturated rings. The van der Waals surface area contributed by atoms with Crippen molar-refractivity contribution >= 4 is 5.91 Å². The van der Waals surface area contributed by atoms with Crippen LogP contribution in [0.1, 0.15) is 12.0 Å². The first-order valence-electron chi connectivity index (χ1n) is 6.50. The fourth-order valence-corrected chi connectivity index (χ4v) is 2.11. The van der Waals surface area contributed by atoms with Gasteiger partial charge < -0.3 is 9.64 Å². The second-order valence-corrected chi connectivity index (χ2v) is 4.59. The molecule has 1 aromatic carbocycles. The van der Waals surface area contributed by atoms with E-state index in [1.807, 2.05) is 30.3 Å². The summed E-state index contributed by atoms with van der Waals surface area (Å²) in [7, 11) is 0. The van der Waals surface area contributed by atoms with Crippen LogP contribution in [0.25, 0.3) is 0 Å². The van der Waals surface area contributed by atoms with Crippen LogP contribution in [-0.2, 0) is 16.1 Å². The number of hydrogen-bond acceptors (Lipinski definition) is 2. The molecule has 2 rings (SSSR count). The highest BCUT2D eigenvalue weighted by atomic mass is 16.5. The van der Waals surface area contributed by atoms with Crippen molar-refractivity contribution in [3.05, 3.63) is 60.2 Å². The van der Waals surface area contributed by atoms with E-state index in [-0.39, 0.29) is 5.91 Å². The van der Waals surface area contributed by atoms with Gasteiger partial charge in [0.2, 0.25) is 5.91 Å². The van der Waals surface area contributed by atoms with Gasteiger partial charge in [-0.25, -0.2) is 0 Å². The van der Waals surface area contributed by atoms with Gasteiger partial charge in [-0.3, -0.25) is 4.79 Å². The van der Waals surface area contributed by atoms with Crippen LogP contribution in [0.15, 0.2) is 54.6 Å². The van der Waals surface area contributed by atoms with Gasteiger partial charge in [0, 0.05) is 13.1 Å². The minimum Gasteiger partial charge on any atom is -0.377 e. The first kappa shape index (κ1) is 13.6. The van der Waals surface area contributed by atoms with E-state index in [4.69, 9.17) is 4.74 Å². The second-order valence-electron chi connectivity index (χ2n) is 4.59. The number of hydrogen-bond donors (Lipinski definition) is 0. The number of ether oxygens (including phenoxy) is 1. The summed E-state index contributed by atoms with van der Waals surface area (Å²) >= 11 is 0. The molecule has 1 amide bonds. The summed E-state index contributed by atoms with van der Waals surface area (Å²) in [6, 6.07) is 9.98. The van der Waals surface area contributed by atoms with E-state index in [0.717, 1.165) is 24.2 Å². The maximum Gasteiger partial charge on any atom is 0.246 e. The molecule has 1 aliphatic rings. The summed E-state index contributed by atoms with van der Waals surface area (Å²) in [4.78, 5) is 13.7. The van der Waals surface area contributed by atoms with Gasteiger partial charge in [0.15, 0.2) is 0 Å².